The van der Waals surface area contributed by atoms with Crippen molar-refractivity contribution < 1.29 is 4.79 Å². The summed E-state index contributed by atoms with van der Waals surface area (Å²) in [7, 11) is 0. The van der Waals surface area contributed by atoms with Crippen molar-refractivity contribution >= 4 is 6.03 Å². The van der Waals surface area contributed by atoms with Gasteiger partial charge in [-0.25, -0.2) is 10.5 Å². The third-order valence-corrected chi connectivity index (χ3v) is 0.381. The summed E-state index contributed by atoms with van der Waals surface area (Å²) < 4.78 is 0. The number of carbonyl (C=O) groups is 1. The highest BCUT2D eigenvalue weighted by Crippen LogP contribution is 1.61. The van der Waals surface area contributed by atoms with Crippen molar-refractivity contribution in [3.05, 3.63) is 12.3 Å². The van der Waals surface area contributed by atoms with Gasteiger partial charge in [0.15, 0.2) is 0 Å². The first kappa shape index (κ1) is 6.01. The average molecular weight is 99.1 g/mol. The minimum atomic E-state index is -0.780. The average Bonchev–Trinajstić information content (AvgIpc) is 1.61. The van der Waals surface area contributed by atoms with E-state index in [9.17, 15) is 4.79 Å². The predicted octanol–water partition coefficient (Wildman–Crippen LogP) is 0.513. The van der Waals surface area contributed by atoms with Gasteiger partial charge in [-0.2, -0.15) is 0 Å². The van der Waals surface area contributed by atoms with E-state index in [1.807, 2.05) is 0 Å². The molecular formula is C4H7N2O. The second-order valence-corrected chi connectivity index (χ2v) is 0.973. The number of urea groups is 1. The molecule has 0 aromatic heterocycles. The van der Waals surface area contributed by atoms with E-state index in [0.717, 1.165) is 0 Å². The van der Waals surface area contributed by atoms with E-state index in [1.54, 1.807) is 13.0 Å². The molecule has 0 saturated heterocycles. The topological polar surface area (TPSA) is 52.9 Å². The molecule has 0 aliphatic carbocycles. The van der Waals surface area contributed by atoms with Crippen molar-refractivity contribution in [2.75, 3.05) is 0 Å². The van der Waals surface area contributed by atoms with Crippen molar-refractivity contribution in [2.24, 2.45) is 0 Å². The lowest BCUT2D eigenvalue weighted by Crippen LogP contribution is -2.14. The van der Waals surface area contributed by atoms with E-state index in [1.165, 1.54) is 6.20 Å². The highest BCUT2D eigenvalue weighted by Gasteiger charge is 1.79. The summed E-state index contributed by atoms with van der Waals surface area (Å²) in [5.74, 6) is 0. The molecule has 0 aromatic rings. The lowest BCUT2D eigenvalue weighted by Gasteiger charge is -1.83. The van der Waals surface area contributed by atoms with Crippen molar-refractivity contribution in [2.45, 2.75) is 6.92 Å². The van der Waals surface area contributed by atoms with E-state index in [-0.39, 0.29) is 0 Å². The molecule has 2 N–H and O–H groups in total. The molecule has 3 nitrogen and oxygen atoms in total. The molecule has 0 bridgehead atoms. The van der Waals surface area contributed by atoms with Gasteiger partial charge in [-0.15, -0.1) is 0 Å². The van der Waals surface area contributed by atoms with Gasteiger partial charge in [0.1, 0.15) is 0 Å². The Bertz CT molecular complexity index is 87.7. The smallest absolute Gasteiger partial charge is 0.314 e. The number of rotatable bonds is 1. The van der Waals surface area contributed by atoms with Gasteiger partial charge in [0.05, 0.1) is 0 Å². The Morgan fingerprint density at radius 1 is 1.86 bits per heavy atom. The Labute approximate surface area is 42.2 Å². The molecule has 0 spiro atoms. The van der Waals surface area contributed by atoms with Gasteiger partial charge >= 0.3 is 6.03 Å². The molecule has 0 heterocycles. The molecule has 0 atom stereocenters. The van der Waals surface area contributed by atoms with E-state index >= 15 is 0 Å². The second-order valence-electron chi connectivity index (χ2n) is 0.973. The van der Waals surface area contributed by atoms with E-state index < -0.39 is 6.03 Å². The molecule has 3 heteroatoms. The zero-order valence-electron chi connectivity index (χ0n) is 4.06. The molecule has 0 aliphatic rings. The molecule has 0 aliphatic heterocycles. The third kappa shape index (κ3) is 5.01. The highest BCUT2D eigenvalue weighted by molar-refractivity contribution is 5.71. The summed E-state index contributed by atoms with van der Waals surface area (Å²) in [5, 5.41) is 2.14. The summed E-state index contributed by atoms with van der Waals surface area (Å²) in [4.78, 5) is 9.71. The van der Waals surface area contributed by atoms with Crippen LogP contribution in [0, 0.1) is 0 Å². The van der Waals surface area contributed by atoms with Crippen LogP contribution in [0.25, 0.3) is 0 Å². The first-order valence-corrected chi connectivity index (χ1v) is 1.90. The van der Waals surface area contributed by atoms with Gasteiger partial charge < -0.3 is 5.32 Å². The molecule has 0 rings (SSSR count). The lowest BCUT2D eigenvalue weighted by molar-refractivity contribution is 0.251. The van der Waals surface area contributed by atoms with Crippen molar-refractivity contribution in [1.82, 2.24) is 11.1 Å². The fraction of sp³-hybridized carbons (Fsp3) is 0.250. The number of nitrogens with one attached hydrogen (secondary N) is 2. The number of hydrogen-bond donors (Lipinski definition) is 1. The van der Waals surface area contributed by atoms with Crippen LogP contribution in [0.3, 0.4) is 0 Å². The normalized spacial score (nSPS) is 9.29. The van der Waals surface area contributed by atoms with E-state index in [2.05, 4.69) is 5.32 Å². The van der Waals surface area contributed by atoms with Gasteiger partial charge in [0, 0.05) is 6.20 Å². The minimum Gasteiger partial charge on any atom is -0.314 e. The zero-order valence-corrected chi connectivity index (χ0v) is 4.06. The van der Waals surface area contributed by atoms with Gasteiger partial charge in [-0.05, 0) is 6.92 Å². The van der Waals surface area contributed by atoms with Crippen LogP contribution in [0.2, 0.25) is 0 Å². The second kappa shape index (κ2) is 3.21. The monoisotopic (exact) mass is 99.1 g/mol. The third-order valence-electron chi connectivity index (χ3n) is 0.381. The van der Waals surface area contributed by atoms with Crippen LogP contribution in [0.15, 0.2) is 12.3 Å². The summed E-state index contributed by atoms with van der Waals surface area (Å²) in [6.07, 6.45) is 3.06. The number of carbonyl (C=O) groups excluding carboxylic acids is 1. The summed E-state index contributed by atoms with van der Waals surface area (Å²) >= 11 is 0. The Morgan fingerprint density at radius 3 is 2.57 bits per heavy atom. The van der Waals surface area contributed by atoms with E-state index in [0.29, 0.717) is 0 Å². The maximum absolute atomic E-state index is 9.71. The largest absolute Gasteiger partial charge is 0.337 e. The first-order chi connectivity index (χ1) is 3.27. The standard InChI is InChI=1S/C4H7N2O/c1-2-3-6-4(5)7/h2-3,5H,1H3,(H,6,7)/b3-2-. The van der Waals surface area contributed by atoms with E-state index in [4.69, 9.17) is 5.73 Å². The maximum atomic E-state index is 9.71. The van der Waals surface area contributed by atoms with Crippen LogP contribution in [0.1, 0.15) is 6.92 Å². The Morgan fingerprint density at radius 2 is 2.43 bits per heavy atom. The number of allylic oxidation sites excluding steroid dienone is 1. The van der Waals surface area contributed by atoms with Crippen LogP contribution in [0.5, 0.6) is 0 Å². The van der Waals surface area contributed by atoms with Crippen LogP contribution < -0.4 is 11.1 Å². The zero-order chi connectivity index (χ0) is 5.70. The molecule has 0 fully saturated rings. The Balaban J connectivity index is 3.14. The molecule has 0 unspecified atom stereocenters. The maximum Gasteiger partial charge on any atom is 0.337 e. The van der Waals surface area contributed by atoms with Gasteiger partial charge in [0.25, 0.3) is 0 Å². The van der Waals surface area contributed by atoms with Gasteiger partial charge in [-0.3, -0.25) is 0 Å². The van der Waals surface area contributed by atoms with Gasteiger partial charge in [-0.1, -0.05) is 6.08 Å². The van der Waals surface area contributed by atoms with Crippen molar-refractivity contribution in [1.29, 1.82) is 0 Å². The quantitative estimate of drug-likeness (QED) is 0.511. The Hall–Kier alpha value is -0.990. The number of amides is 2. The van der Waals surface area contributed by atoms with Crippen molar-refractivity contribution in [3.8, 4) is 0 Å². The predicted molar refractivity (Wildman–Crippen MR) is 26.4 cm³/mol. The minimum absolute atomic E-state index is 0.780. The number of hydrogen-bond acceptors (Lipinski definition) is 1. The molecule has 1 radical (unpaired) electrons. The van der Waals surface area contributed by atoms with Crippen LogP contribution >= 0.6 is 0 Å². The van der Waals surface area contributed by atoms with Crippen LogP contribution in [-0.2, 0) is 0 Å². The molecule has 7 heavy (non-hydrogen) atoms. The Kier molecular flexibility index (Phi) is 2.76. The highest BCUT2D eigenvalue weighted by atomic mass is 16.2. The molecule has 2 amide bonds. The summed E-state index contributed by atoms with van der Waals surface area (Å²) in [5.41, 5.74) is 6.28. The fourth-order valence-corrected chi connectivity index (χ4v) is 0.159. The molecule has 39 valence electrons. The van der Waals surface area contributed by atoms with Gasteiger partial charge in [0.2, 0.25) is 0 Å². The summed E-state index contributed by atoms with van der Waals surface area (Å²) in [6, 6.07) is -0.780. The van der Waals surface area contributed by atoms with Crippen LogP contribution in [0.4, 0.5) is 4.79 Å². The molecular weight excluding hydrogens is 92.1 g/mol. The molecule has 0 saturated carbocycles. The SMILES string of the molecule is C/C=C\NC([NH])=O. The van der Waals surface area contributed by atoms with Crippen molar-refractivity contribution in [3.63, 3.8) is 0 Å². The molecule has 0 aromatic carbocycles. The summed E-state index contributed by atoms with van der Waals surface area (Å²) in [6.45, 7) is 1.76. The first-order valence-electron chi connectivity index (χ1n) is 1.90. The fourth-order valence-electron chi connectivity index (χ4n) is 0.159. The van der Waals surface area contributed by atoms with Crippen LogP contribution in [-0.4, -0.2) is 6.03 Å². The lowest BCUT2D eigenvalue weighted by atomic mass is 10.7.